The van der Waals surface area contributed by atoms with Crippen molar-refractivity contribution in [2.75, 3.05) is 17.7 Å². The average molecular weight is 338 g/mol. The number of nitro benzene ring substituents is 1. The third-order valence-corrected chi connectivity index (χ3v) is 3.69. The van der Waals surface area contributed by atoms with E-state index < -0.39 is 11.0 Å². The lowest BCUT2D eigenvalue weighted by molar-refractivity contribution is -0.385. The minimum Gasteiger partial charge on any atom is -0.390 e. The molecule has 18 heavy (non-hydrogen) atoms. The number of benzene rings is 1. The van der Waals surface area contributed by atoms with Crippen LogP contribution in [0, 0.1) is 24.0 Å². The van der Waals surface area contributed by atoms with Crippen molar-refractivity contribution in [1.29, 1.82) is 0 Å². The maximum absolute atomic E-state index is 10.9. The second-order valence-electron chi connectivity index (χ2n) is 3.95. The highest BCUT2D eigenvalue weighted by Crippen LogP contribution is 2.34. The van der Waals surface area contributed by atoms with E-state index in [4.69, 9.17) is 11.6 Å². The normalized spacial score (nSPS) is 12.3. The fourth-order valence-corrected chi connectivity index (χ4v) is 2.30. The van der Waals surface area contributed by atoms with Crippen molar-refractivity contribution in [2.24, 2.45) is 0 Å². The molecule has 0 saturated carbocycles. The van der Waals surface area contributed by atoms with Gasteiger partial charge in [-0.25, -0.2) is 0 Å². The highest BCUT2D eigenvalue weighted by atomic mass is 79.9. The molecule has 2 N–H and O–H groups in total. The van der Waals surface area contributed by atoms with Gasteiger partial charge in [-0.3, -0.25) is 10.1 Å². The molecule has 100 valence electrons. The molecular weight excluding hydrogens is 323 g/mol. The lowest BCUT2D eigenvalue weighted by Crippen LogP contribution is -2.21. The van der Waals surface area contributed by atoms with Crippen LogP contribution in [0.15, 0.2) is 10.5 Å². The maximum atomic E-state index is 10.9. The van der Waals surface area contributed by atoms with E-state index in [-0.39, 0.29) is 11.6 Å². The zero-order chi connectivity index (χ0) is 13.9. The summed E-state index contributed by atoms with van der Waals surface area (Å²) < 4.78 is 0.596. The predicted molar refractivity (Wildman–Crippen MR) is 75.5 cm³/mol. The molecule has 0 fully saturated rings. The fraction of sp³-hybridized carbons (Fsp3) is 0.455. The van der Waals surface area contributed by atoms with Gasteiger partial charge in [-0.1, -0.05) is 0 Å². The molecule has 0 radical (unpaired) electrons. The third-order valence-electron chi connectivity index (χ3n) is 2.71. The minimum atomic E-state index is -0.659. The number of anilines is 1. The summed E-state index contributed by atoms with van der Waals surface area (Å²) in [6.07, 6.45) is -0.659. The van der Waals surface area contributed by atoms with E-state index in [0.29, 0.717) is 16.6 Å². The molecule has 0 aromatic heterocycles. The Hall–Kier alpha value is -0.850. The Bertz CT molecular complexity index is 468. The molecule has 0 heterocycles. The third kappa shape index (κ3) is 3.34. The van der Waals surface area contributed by atoms with Crippen LogP contribution in [0.2, 0.25) is 0 Å². The first-order valence-corrected chi connectivity index (χ1v) is 6.63. The van der Waals surface area contributed by atoms with Crippen LogP contribution < -0.4 is 5.32 Å². The number of aliphatic hydroxyl groups is 1. The van der Waals surface area contributed by atoms with Crippen molar-refractivity contribution >= 4 is 38.9 Å². The van der Waals surface area contributed by atoms with E-state index in [0.717, 1.165) is 11.3 Å². The van der Waals surface area contributed by atoms with Crippen LogP contribution in [0.3, 0.4) is 0 Å². The van der Waals surface area contributed by atoms with E-state index in [1.165, 1.54) is 6.07 Å². The number of halogens is 2. The van der Waals surface area contributed by atoms with Gasteiger partial charge < -0.3 is 10.4 Å². The maximum Gasteiger partial charge on any atom is 0.273 e. The molecule has 1 aromatic carbocycles. The van der Waals surface area contributed by atoms with Crippen LogP contribution in [0.1, 0.15) is 11.1 Å². The zero-order valence-electron chi connectivity index (χ0n) is 10.0. The van der Waals surface area contributed by atoms with E-state index in [1.54, 1.807) is 13.8 Å². The van der Waals surface area contributed by atoms with Crippen molar-refractivity contribution in [2.45, 2.75) is 20.0 Å². The van der Waals surface area contributed by atoms with E-state index in [2.05, 4.69) is 21.2 Å². The number of nitro groups is 1. The molecule has 1 atom stereocenters. The first-order valence-electron chi connectivity index (χ1n) is 5.30. The van der Waals surface area contributed by atoms with Gasteiger partial charge in [-0.2, -0.15) is 0 Å². The van der Waals surface area contributed by atoms with Gasteiger partial charge in [0.05, 0.1) is 22.6 Å². The first kappa shape index (κ1) is 15.2. The SMILES string of the molecule is Cc1c([N+](=O)[O-])cc(Br)c(NCC(O)CCl)c1C. The van der Waals surface area contributed by atoms with Crippen molar-refractivity contribution < 1.29 is 10.0 Å². The topological polar surface area (TPSA) is 75.4 Å². The van der Waals surface area contributed by atoms with Crippen LogP contribution in [0.5, 0.6) is 0 Å². The number of hydrogen-bond acceptors (Lipinski definition) is 4. The molecule has 0 amide bonds. The summed E-state index contributed by atoms with van der Waals surface area (Å²) in [6, 6.07) is 1.46. The molecule has 5 nitrogen and oxygen atoms in total. The summed E-state index contributed by atoms with van der Waals surface area (Å²) in [7, 11) is 0. The van der Waals surface area contributed by atoms with E-state index >= 15 is 0 Å². The van der Waals surface area contributed by atoms with Crippen molar-refractivity contribution in [3.63, 3.8) is 0 Å². The Labute approximate surface area is 118 Å². The monoisotopic (exact) mass is 336 g/mol. The number of hydrogen-bond donors (Lipinski definition) is 2. The molecule has 1 unspecified atom stereocenters. The molecule has 0 aliphatic heterocycles. The molecular formula is C11H14BrClN2O3. The molecule has 0 aliphatic rings. The Kier molecular flexibility index (Phi) is 5.37. The van der Waals surface area contributed by atoms with Crippen molar-refractivity contribution in [3.8, 4) is 0 Å². The largest absolute Gasteiger partial charge is 0.390 e. The summed E-state index contributed by atoms with van der Waals surface area (Å²) in [5.74, 6) is 0.135. The van der Waals surface area contributed by atoms with Gasteiger partial charge in [0.2, 0.25) is 0 Å². The Morgan fingerprint density at radius 3 is 2.67 bits per heavy atom. The van der Waals surface area contributed by atoms with Crippen molar-refractivity contribution in [3.05, 3.63) is 31.8 Å². The van der Waals surface area contributed by atoms with Crippen molar-refractivity contribution in [1.82, 2.24) is 0 Å². The fourth-order valence-electron chi connectivity index (χ4n) is 1.54. The van der Waals surface area contributed by atoms with E-state index in [9.17, 15) is 15.2 Å². The summed E-state index contributed by atoms with van der Waals surface area (Å²) >= 11 is 8.80. The van der Waals surface area contributed by atoms with Crippen LogP contribution in [0.25, 0.3) is 0 Å². The predicted octanol–water partition coefficient (Wildman–Crippen LogP) is 2.99. The second kappa shape index (κ2) is 6.36. The molecule has 0 aliphatic carbocycles. The molecule has 1 rings (SSSR count). The van der Waals surface area contributed by atoms with Gasteiger partial charge in [-0.15, -0.1) is 11.6 Å². The number of alkyl halides is 1. The van der Waals surface area contributed by atoms with E-state index in [1.807, 2.05) is 0 Å². The standard InChI is InChI=1S/C11H14BrClN2O3/c1-6-7(2)11(14-5-8(16)4-13)9(12)3-10(6)15(17)18/h3,8,14,16H,4-5H2,1-2H3. The lowest BCUT2D eigenvalue weighted by Gasteiger charge is -2.15. The number of rotatable bonds is 5. The first-order chi connectivity index (χ1) is 8.38. The molecule has 0 spiro atoms. The molecule has 0 saturated heterocycles. The van der Waals surface area contributed by atoms with Gasteiger partial charge in [0, 0.05) is 22.6 Å². The number of nitrogens with one attached hydrogen (secondary N) is 1. The Morgan fingerprint density at radius 2 is 2.17 bits per heavy atom. The zero-order valence-corrected chi connectivity index (χ0v) is 12.4. The van der Waals surface area contributed by atoms with Crippen LogP contribution in [-0.2, 0) is 0 Å². The van der Waals surface area contributed by atoms with Gasteiger partial charge in [-0.05, 0) is 35.3 Å². The molecule has 1 aromatic rings. The molecule has 0 bridgehead atoms. The van der Waals surface area contributed by atoms with Crippen LogP contribution >= 0.6 is 27.5 Å². The average Bonchev–Trinajstić information content (AvgIpc) is 2.32. The minimum absolute atomic E-state index is 0.0721. The highest BCUT2D eigenvalue weighted by molar-refractivity contribution is 9.10. The highest BCUT2D eigenvalue weighted by Gasteiger charge is 2.18. The Morgan fingerprint density at radius 1 is 1.56 bits per heavy atom. The quantitative estimate of drug-likeness (QED) is 0.492. The van der Waals surface area contributed by atoms with Gasteiger partial charge in [0.15, 0.2) is 0 Å². The number of aliphatic hydroxyl groups excluding tert-OH is 1. The smallest absolute Gasteiger partial charge is 0.273 e. The summed E-state index contributed by atoms with van der Waals surface area (Å²) in [6.45, 7) is 3.78. The van der Waals surface area contributed by atoms with Gasteiger partial charge >= 0.3 is 0 Å². The van der Waals surface area contributed by atoms with Crippen LogP contribution in [-0.4, -0.2) is 28.6 Å². The Balaban J connectivity index is 3.07. The number of nitrogens with zero attached hydrogens (tertiary/aromatic N) is 1. The summed E-state index contributed by atoms with van der Waals surface area (Å²) in [5.41, 5.74) is 2.19. The molecule has 7 heteroatoms. The van der Waals surface area contributed by atoms with Crippen LogP contribution in [0.4, 0.5) is 11.4 Å². The lowest BCUT2D eigenvalue weighted by atomic mass is 10.1. The van der Waals surface area contributed by atoms with Gasteiger partial charge in [0.1, 0.15) is 0 Å². The second-order valence-corrected chi connectivity index (χ2v) is 5.11. The summed E-state index contributed by atoms with van der Waals surface area (Å²) in [4.78, 5) is 10.4. The van der Waals surface area contributed by atoms with Gasteiger partial charge in [0.25, 0.3) is 5.69 Å². The summed E-state index contributed by atoms with van der Waals surface area (Å²) in [5, 5.41) is 23.3.